The van der Waals surface area contributed by atoms with E-state index in [1.807, 2.05) is 18.2 Å². The molecule has 2 aromatic carbocycles. The van der Waals surface area contributed by atoms with Crippen molar-refractivity contribution >= 4 is 10.8 Å². The quantitative estimate of drug-likeness (QED) is 0.818. The van der Waals surface area contributed by atoms with Crippen LogP contribution in [0.4, 0.5) is 4.39 Å². The van der Waals surface area contributed by atoms with E-state index < -0.39 is 0 Å². The zero-order chi connectivity index (χ0) is 11.2. The van der Waals surface area contributed by atoms with Gasteiger partial charge in [0.15, 0.2) is 0 Å². The molecule has 0 unspecified atom stereocenters. The molecule has 2 heteroatoms. The van der Waals surface area contributed by atoms with Crippen molar-refractivity contribution < 1.29 is 4.39 Å². The van der Waals surface area contributed by atoms with Crippen molar-refractivity contribution in [2.24, 2.45) is 5.73 Å². The third-order valence-corrected chi connectivity index (χ3v) is 3.68. The van der Waals surface area contributed by atoms with Gasteiger partial charge in [0.05, 0.1) is 0 Å². The summed E-state index contributed by atoms with van der Waals surface area (Å²) in [6.07, 6.45) is 2.31. The summed E-state index contributed by atoms with van der Waals surface area (Å²) in [5.74, 6) is -0.151. The minimum atomic E-state index is -0.151. The molecule has 0 aromatic heterocycles. The first kappa shape index (κ1) is 9.79. The van der Waals surface area contributed by atoms with Crippen LogP contribution in [0.15, 0.2) is 36.4 Å². The second-order valence-corrected chi connectivity index (χ2v) is 4.66. The van der Waals surface area contributed by atoms with Crippen LogP contribution in [0.5, 0.6) is 0 Å². The van der Waals surface area contributed by atoms with Crippen molar-refractivity contribution in [3.8, 4) is 0 Å². The van der Waals surface area contributed by atoms with Gasteiger partial charge < -0.3 is 5.73 Å². The number of benzene rings is 2. The molecule has 1 fully saturated rings. The van der Waals surface area contributed by atoms with Crippen LogP contribution >= 0.6 is 0 Å². The van der Waals surface area contributed by atoms with E-state index in [-0.39, 0.29) is 11.2 Å². The minimum absolute atomic E-state index is 0.151. The van der Waals surface area contributed by atoms with E-state index in [4.69, 9.17) is 5.73 Å². The smallest absolute Gasteiger partial charge is 0.131 e. The summed E-state index contributed by atoms with van der Waals surface area (Å²) in [6.45, 7) is 0.688. The summed E-state index contributed by atoms with van der Waals surface area (Å²) in [6, 6.07) is 11.2. The third kappa shape index (κ3) is 1.34. The van der Waals surface area contributed by atoms with Crippen molar-refractivity contribution in [3.05, 3.63) is 47.8 Å². The lowest BCUT2D eigenvalue weighted by Crippen LogP contribution is -2.19. The Morgan fingerprint density at radius 2 is 2.00 bits per heavy atom. The van der Waals surface area contributed by atoms with Crippen molar-refractivity contribution in [3.63, 3.8) is 0 Å². The van der Waals surface area contributed by atoms with E-state index in [2.05, 4.69) is 6.07 Å². The summed E-state index contributed by atoms with van der Waals surface area (Å²) in [4.78, 5) is 0. The van der Waals surface area contributed by atoms with Crippen molar-refractivity contribution in [2.75, 3.05) is 6.54 Å². The topological polar surface area (TPSA) is 26.0 Å². The van der Waals surface area contributed by atoms with E-state index in [9.17, 15) is 4.39 Å². The van der Waals surface area contributed by atoms with E-state index in [0.29, 0.717) is 11.9 Å². The van der Waals surface area contributed by atoms with Gasteiger partial charge in [0.2, 0.25) is 0 Å². The largest absolute Gasteiger partial charge is 0.330 e. The third-order valence-electron chi connectivity index (χ3n) is 3.68. The van der Waals surface area contributed by atoms with E-state index in [1.165, 1.54) is 11.6 Å². The Morgan fingerprint density at radius 1 is 1.19 bits per heavy atom. The lowest BCUT2D eigenvalue weighted by atomic mass is 9.94. The Morgan fingerprint density at radius 3 is 2.69 bits per heavy atom. The van der Waals surface area contributed by atoms with Crippen molar-refractivity contribution in [2.45, 2.75) is 18.3 Å². The highest BCUT2D eigenvalue weighted by Gasteiger charge is 2.42. The second kappa shape index (κ2) is 3.29. The zero-order valence-electron chi connectivity index (χ0n) is 9.04. The number of fused-ring (bicyclic) bond motifs is 1. The fraction of sp³-hybridized carbons (Fsp3) is 0.286. The molecule has 3 rings (SSSR count). The molecule has 2 aromatic rings. The molecule has 0 aliphatic heterocycles. The molecule has 0 spiro atoms. The Bertz CT molecular complexity index is 543. The molecule has 1 aliphatic carbocycles. The fourth-order valence-corrected chi connectivity index (χ4v) is 2.34. The molecule has 16 heavy (non-hydrogen) atoms. The van der Waals surface area contributed by atoms with Gasteiger partial charge in [-0.25, -0.2) is 4.39 Å². The van der Waals surface area contributed by atoms with Gasteiger partial charge in [-0.3, -0.25) is 0 Å². The highest BCUT2D eigenvalue weighted by Crippen LogP contribution is 2.47. The predicted octanol–water partition coefficient (Wildman–Crippen LogP) is 2.97. The highest BCUT2D eigenvalue weighted by atomic mass is 19.1. The standard InChI is InChI=1S/C14H14FN/c15-13-3-1-2-10-8-11(4-5-12(10)13)14(9-16)6-7-14/h1-5,8H,6-7,9,16H2. The van der Waals surface area contributed by atoms with Crippen LogP contribution in [0.1, 0.15) is 18.4 Å². The summed E-state index contributed by atoms with van der Waals surface area (Å²) < 4.78 is 13.5. The van der Waals surface area contributed by atoms with Crippen LogP contribution in [-0.2, 0) is 5.41 Å². The first-order chi connectivity index (χ1) is 7.75. The van der Waals surface area contributed by atoms with Gasteiger partial charge in [0, 0.05) is 17.3 Å². The van der Waals surface area contributed by atoms with Gasteiger partial charge in [0.25, 0.3) is 0 Å². The lowest BCUT2D eigenvalue weighted by molar-refractivity contribution is 0.639. The van der Waals surface area contributed by atoms with E-state index in [0.717, 1.165) is 18.2 Å². The average Bonchev–Trinajstić information content (AvgIpc) is 3.10. The normalized spacial score (nSPS) is 17.6. The Kier molecular flexibility index (Phi) is 2.01. The maximum absolute atomic E-state index is 13.5. The van der Waals surface area contributed by atoms with Crippen LogP contribution in [-0.4, -0.2) is 6.54 Å². The molecule has 0 atom stereocenters. The maximum atomic E-state index is 13.5. The van der Waals surface area contributed by atoms with Crippen LogP contribution in [0, 0.1) is 5.82 Å². The first-order valence-corrected chi connectivity index (χ1v) is 5.64. The van der Waals surface area contributed by atoms with Crippen molar-refractivity contribution in [1.82, 2.24) is 0 Å². The number of hydrogen-bond donors (Lipinski definition) is 1. The molecule has 0 saturated heterocycles. The average molecular weight is 215 g/mol. The zero-order valence-corrected chi connectivity index (χ0v) is 9.04. The summed E-state index contributed by atoms with van der Waals surface area (Å²) in [5, 5.41) is 1.66. The van der Waals surface area contributed by atoms with Gasteiger partial charge in [-0.05, 0) is 29.9 Å². The van der Waals surface area contributed by atoms with Gasteiger partial charge >= 0.3 is 0 Å². The fourth-order valence-electron chi connectivity index (χ4n) is 2.34. The molecule has 0 amide bonds. The number of nitrogens with two attached hydrogens (primary N) is 1. The predicted molar refractivity (Wildman–Crippen MR) is 63.9 cm³/mol. The van der Waals surface area contributed by atoms with Gasteiger partial charge in [0.1, 0.15) is 5.82 Å². The second-order valence-electron chi connectivity index (χ2n) is 4.66. The number of hydrogen-bond acceptors (Lipinski definition) is 1. The van der Waals surface area contributed by atoms with Crippen LogP contribution in [0.3, 0.4) is 0 Å². The molecule has 2 N–H and O–H groups in total. The SMILES string of the molecule is NCC1(c2ccc3c(F)cccc3c2)CC1. The van der Waals surface area contributed by atoms with Gasteiger partial charge in [-0.15, -0.1) is 0 Å². The van der Waals surface area contributed by atoms with Gasteiger partial charge in [-0.1, -0.05) is 30.3 Å². The Balaban J connectivity index is 2.17. The van der Waals surface area contributed by atoms with Crippen LogP contribution in [0.25, 0.3) is 10.8 Å². The molecule has 82 valence electrons. The monoisotopic (exact) mass is 215 g/mol. The highest BCUT2D eigenvalue weighted by molar-refractivity contribution is 5.84. The van der Waals surface area contributed by atoms with Gasteiger partial charge in [-0.2, -0.15) is 0 Å². The number of rotatable bonds is 2. The molecule has 0 bridgehead atoms. The molecular weight excluding hydrogens is 201 g/mol. The molecule has 1 saturated carbocycles. The molecule has 1 nitrogen and oxygen atoms in total. The van der Waals surface area contributed by atoms with Crippen molar-refractivity contribution in [1.29, 1.82) is 0 Å². The van der Waals surface area contributed by atoms with Crippen LogP contribution < -0.4 is 5.73 Å². The summed E-state index contributed by atoms with van der Waals surface area (Å²) in [7, 11) is 0. The summed E-state index contributed by atoms with van der Waals surface area (Å²) in [5.41, 5.74) is 7.24. The lowest BCUT2D eigenvalue weighted by Gasteiger charge is -2.13. The minimum Gasteiger partial charge on any atom is -0.330 e. The number of halogens is 1. The Hall–Kier alpha value is -1.41. The van der Waals surface area contributed by atoms with E-state index in [1.54, 1.807) is 6.07 Å². The maximum Gasteiger partial charge on any atom is 0.131 e. The first-order valence-electron chi connectivity index (χ1n) is 5.64. The molecule has 0 heterocycles. The Labute approximate surface area is 94.1 Å². The molecule has 1 aliphatic rings. The van der Waals surface area contributed by atoms with E-state index >= 15 is 0 Å². The molecule has 0 radical (unpaired) electrons. The van der Waals surface area contributed by atoms with Crippen LogP contribution in [0.2, 0.25) is 0 Å². The molecular formula is C14H14FN. The summed E-state index contributed by atoms with van der Waals surface area (Å²) >= 11 is 0.